The van der Waals surface area contributed by atoms with E-state index in [0.717, 1.165) is 27.0 Å². The molecule has 28 heavy (non-hydrogen) atoms. The Morgan fingerprint density at radius 2 is 2.00 bits per heavy atom. The van der Waals surface area contributed by atoms with E-state index in [1.807, 2.05) is 66.3 Å². The number of anilines is 1. The number of aromatic nitrogens is 4. The standard InChI is InChI=1S/C21H18BrN5O/c1-14-5-7-16(8-6-14)19-10-20(26-25-19)21(28)24-18-4-2-3-15(9-18)12-27-13-17(22)11-23-27/h2-11,13H,12H2,1H3,(H,24,28)(H,25,26). The Morgan fingerprint density at radius 1 is 1.18 bits per heavy atom. The molecule has 4 rings (SSSR count). The Balaban J connectivity index is 1.46. The summed E-state index contributed by atoms with van der Waals surface area (Å²) in [5.41, 5.74) is 5.06. The molecule has 2 aromatic heterocycles. The number of amides is 1. The molecule has 0 aliphatic rings. The van der Waals surface area contributed by atoms with Gasteiger partial charge in [0.25, 0.3) is 5.91 Å². The number of nitrogens with one attached hydrogen (secondary N) is 2. The highest BCUT2D eigenvalue weighted by atomic mass is 79.9. The van der Waals surface area contributed by atoms with Crippen molar-refractivity contribution in [2.24, 2.45) is 0 Å². The van der Waals surface area contributed by atoms with Crippen LogP contribution in [0.3, 0.4) is 0 Å². The highest BCUT2D eigenvalue weighted by molar-refractivity contribution is 9.10. The van der Waals surface area contributed by atoms with Crippen molar-refractivity contribution in [2.45, 2.75) is 13.5 Å². The number of carbonyl (C=O) groups is 1. The van der Waals surface area contributed by atoms with Crippen LogP contribution < -0.4 is 5.32 Å². The Labute approximate surface area is 170 Å². The van der Waals surface area contributed by atoms with Crippen molar-refractivity contribution in [3.05, 3.63) is 88.3 Å². The number of rotatable bonds is 5. The van der Waals surface area contributed by atoms with E-state index in [1.54, 1.807) is 12.3 Å². The number of aryl methyl sites for hydroxylation is 1. The number of H-pyrrole nitrogens is 1. The molecule has 0 fully saturated rings. The van der Waals surface area contributed by atoms with E-state index >= 15 is 0 Å². The maximum Gasteiger partial charge on any atom is 0.273 e. The molecule has 2 aromatic carbocycles. The monoisotopic (exact) mass is 435 g/mol. The molecule has 2 N–H and O–H groups in total. The Bertz CT molecular complexity index is 1110. The summed E-state index contributed by atoms with van der Waals surface area (Å²) < 4.78 is 2.76. The first-order chi connectivity index (χ1) is 13.6. The number of nitrogens with zero attached hydrogens (tertiary/aromatic N) is 3. The Morgan fingerprint density at radius 3 is 2.75 bits per heavy atom. The molecule has 0 atom stereocenters. The maximum absolute atomic E-state index is 12.6. The minimum Gasteiger partial charge on any atom is -0.321 e. The van der Waals surface area contributed by atoms with E-state index < -0.39 is 0 Å². The Hall–Kier alpha value is -3.19. The summed E-state index contributed by atoms with van der Waals surface area (Å²) >= 11 is 3.39. The summed E-state index contributed by atoms with van der Waals surface area (Å²) in [6.07, 6.45) is 3.65. The molecule has 0 spiro atoms. The zero-order valence-electron chi connectivity index (χ0n) is 15.2. The molecule has 140 valence electrons. The first kappa shape index (κ1) is 18.2. The minimum absolute atomic E-state index is 0.232. The average molecular weight is 436 g/mol. The van der Waals surface area contributed by atoms with Gasteiger partial charge >= 0.3 is 0 Å². The summed E-state index contributed by atoms with van der Waals surface area (Å²) in [4.78, 5) is 12.6. The van der Waals surface area contributed by atoms with Gasteiger partial charge in [-0.3, -0.25) is 14.6 Å². The normalized spacial score (nSPS) is 10.8. The van der Waals surface area contributed by atoms with Crippen molar-refractivity contribution >= 4 is 27.5 Å². The van der Waals surface area contributed by atoms with E-state index in [-0.39, 0.29) is 5.91 Å². The van der Waals surface area contributed by atoms with E-state index in [9.17, 15) is 4.79 Å². The number of halogens is 1. The molecule has 2 heterocycles. The van der Waals surface area contributed by atoms with Crippen molar-refractivity contribution in [3.63, 3.8) is 0 Å². The summed E-state index contributed by atoms with van der Waals surface area (Å²) in [5, 5.41) is 14.2. The van der Waals surface area contributed by atoms with Gasteiger partial charge in [0, 0.05) is 17.4 Å². The lowest BCUT2D eigenvalue weighted by atomic mass is 10.1. The largest absolute Gasteiger partial charge is 0.321 e. The second kappa shape index (κ2) is 7.82. The zero-order valence-corrected chi connectivity index (χ0v) is 16.8. The van der Waals surface area contributed by atoms with Crippen LogP contribution in [0.4, 0.5) is 5.69 Å². The highest BCUT2D eigenvalue weighted by Crippen LogP contribution is 2.19. The molecule has 1 amide bonds. The van der Waals surface area contributed by atoms with Crippen molar-refractivity contribution in [2.75, 3.05) is 5.32 Å². The first-order valence-corrected chi connectivity index (χ1v) is 9.57. The second-order valence-electron chi connectivity index (χ2n) is 6.54. The number of hydrogen-bond donors (Lipinski definition) is 2. The molecular formula is C21H18BrN5O. The third kappa shape index (κ3) is 4.20. The summed E-state index contributed by atoms with van der Waals surface area (Å²) in [6.45, 7) is 2.66. The van der Waals surface area contributed by atoms with Crippen LogP contribution in [0.1, 0.15) is 21.6 Å². The van der Waals surface area contributed by atoms with Gasteiger partial charge in [-0.1, -0.05) is 42.0 Å². The van der Waals surface area contributed by atoms with Crippen LogP contribution in [0.15, 0.2) is 71.5 Å². The lowest BCUT2D eigenvalue weighted by Gasteiger charge is -2.07. The molecule has 6 nitrogen and oxygen atoms in total. The van der Waals surface area contributed by atoms with E-state index in [2.05, 4.69) is 36.5 Å². The third-order valence-electron chi connectivity index (χ3n) is 4.30. The molecule has 0 saturated carbocycles. The number of benzene rings is 2. The fourth-order valence-electron chi connectivity index (χ4n) is 2.87. The van der Waals surface area contributed by atoms with Gasteiger partial charge < -0.3 is 5.32 Å². The van der Waals surface area contributed by atoms with Crippen LogP contribution in [0, 0.1) is 6.92 Å². The van der Waals surface area contributed by atoms with Crippen LogP contribution in [-0.2, 0) is 6.54 Å². The molecule has 0 unspecified atom stereocenters. The molecule has 0 saturated heterocycles. The molecule has 4 aromatic rings. The van der Waals surface area contributed by atoms with Crippen molar-refractivity contribution in [1.29, 1.82) is 0 Å². The smallest absolute Gasteiger partial charge is 0.273 e. The fourth-order valence-corrected chi connectivity index (χ4v) is 3.20. The van der Waals surface area contributed by atoms with Gasteiger partial charge in [0.2, 0.25) is 0 Å². The van der Waals surface area contributed by atoms with Gasteiger partial charge in [0.15, 0.2) is 0 Å². The SMILES string of the molecule is Cc1ccc(-c2cc(C(=O)Nc3cccc(Cn4cc(Br)cn4)c3)[nH]n2)cc1. The predicted molar refractivity (Wildman–Crippen MR) is 112 cm³/mol. The van der Waals surface area contributed by atoms with E-state index in [4.69, 9.17) is 0 Å². The summed E-state index contributed by atoms with van der Waals surface area (Å²) in [7, 11) is 0. The highest BCUT2D eigenvalue weighted by Gasteiger charge is 2.12. The Kier molecular flexibility index (Phi) is 5.08. The summed E-state index contributed by atoms with van der Waals surface area (Å²) in [6, 6.07) is 17.5. The van der Waals surface area contributed by atoms with Gasteiger partial charge in [-0.25, -0.2) is 0 Å². The van der Waals surface area contributed by atoms with E-state index in [1.165, 1.54) is 5.56 Å². The van der Waals surface area contributed by atoms with Crippen LogP contribution in [0.5, 0.6) is 0 Å². The molecular weight excluding hydrogens is 418 g/mol. The second-order valence-corrected chi connectivity index (χ2v) is 7.46. The summed E-state index contributed by atoms with van der Waals surface area (Å²) in [5.74, 6) is -0.232. The molecule has 0 aliphatic heterocycles. The molecule has 0 aliphatic carbocycles. The number of hydrogen-bond acceptors (Lipinski definition) is 3. The minimum atomic E-state index is -0.232. The quantitative estimate of drug-likeness (QED) is 0.479. The number of aromatic amines is 1. The van der Waals surface area contributed by atoms with Crippen molar-refractivity contribution in [3.8, 4) is 11.3 Å². The van der Waals surface area contributed by atoms with Gasteiger partial charge in [-0.15, -0.1) is 0 Å². The predicted octanol–water partition coefficient (Wildman–Crippen LogP) is 4.64. The molecule has 7 heteroatoms. The topological polar surface area (TPSA) is 75.6 Å². The van der Waals surface area contributed by atoms with Crippen LogP contribution in [-0.4, -0.2) is 25.9 Å². The average Bonchev–Trinajstić information content (AvgIpc) is 3.32. The zero-order chi connectivity index (χ0) is 19.5. The number of carbonyl (C=O) groups excluding carboxylic acids is 1. The van der Waals surface area contributed by atoms with E-state index in [0.29, 0.717) is 12.2 Å². The van der Waals surface area contributed by atoms with Crippen LogP contribution in [0.2, 0.25) is 0 Å². The van der Waals surface area contributed by atoms with Gasteiger partial charge in [0.05, 0.1) is 22.9 Å². The molecule has 0 bridgehead atoms. The fraction of sp³-hybridized carbons (Fsp3) is 0.0952. The van der Waals surface area contributed by atoms with Crippen LogP contribution >= 0.6 is 15.9 Å². The van der Waals surface area contributed by atoms with Crippen LogP contribution in [0.25, 0.3) is 11.3 Å². The van der Waals surface area contributed by atoms with Crippen molar-refractivity contribution in [1.82, 2.24) is 20.0 Å². The van der Waals surface area contributed by atoms with Gasteiger partial charge in [0.1, 0.15) is 5.69 Å². The van der Waals surface area contributed by atoms with Crippen molar-refractivity contribution < 1.29 is 4.79 Å². The lowest BCUT2D eigenvalue weighted by Crippen LogP contribution is -2.12. The third-order valence-corrected chi connectivity index (χ3v) is 4.71. The maximum atomic E-state index is 12.6. The molecule has 0 radical (unpaired) electrons. The van der Waals surface area contributed by atoms with Gasteiger partial charge in [-0.05, 0) is 46.6 Å². The first-order valence-electron chi connectivity index (χ1n) is 8.77. The lowest BCUT2D eigenvalue weighted by molar-refractivity contribution is 0.102. The van der Waals surface area contributed by atoms with Gasteiger partial charge in [-0.2, -0.15) is 10.2 Å².